The lowest BCUT2D eigenvalue weighted by Crippen LogP contribution is -2.37. The highest BCUT2D eigenvalue weighted by molar-refractivity contribution is 5.99. The zero-order valence-corrected chi connectivity index (χ0v) is 16.8. The Hall–Kier alpha value is -4.18. The van der Waals surface area contributed by atoms with Crippen molar-refractivity contribution >= 4 is 23.3 Å². The van der Waals surface area contributed by atoms with Gasteiger partial charge in [0.15, 0.2) is 11.5 Å². The molecule has 32 heavy (non-hydrogen) atoms. The average Bonchev–Trinajstić information content (AvgIpc) is 3.52. The number of hydrogen-bond acceptors (Lipinski definition) is 13. The largest absolute Gasteiger partial charge is 0.433 e. The number of carbonyl (C=O) groups excluding carboxylic acids is 1. The van der Waals surface area contributed by atoms with Crippen molar-refractivity contribution in [1.82, 2.24) is 35.6 Å². The summed E-state index contributed by atoms with van der Waals surface area (Å²) in [6.45, 7) is 4.22. The van der Waals surface area contributed by atoms with E-state index in [0.29, 0.717) is 38.5 Å². The first-order valence-electron chi connectivity index (χ1n) is 9.36. The zero-order chi connectivity index (χ0) is 22.7. The van der Waals surface area contributed by atoms with Crippen LogP contribution in [0.1, 0.15) is 28.9 Å². The van der Waals surface area contributed by atoms with Crippen LogP contribution in [0.25, 0.3) is 5.82 Å². The first-order valence-corrected chi connectivity index (χ1v) is 9.36. The second-order valence-corrected chi connectivity index (χ2v) is 6.69. The molecule has 4 rings (SSSR count). The number of anilines is 1. The molecule has 0 atom stereocenters. The van der Waals surface area contributed by atoms with Gasteiger partial charge in [-0.3, -0.25) is 19.8 Å². The van der Waals surface area contributed by atoms with Crippen molar-refractivity contribution in [3.05, 3.63) is 39.4 Å². The first kappa shape index (κ1) is 21.1. The van der Waals surface area contributed by atoms with Crippen LogP contribution in [0.4, 0.5) is 11.7 Å². The summed E-state index contributed by atoms with van der Waals surface area (Å²) in [5, 5.41) is 29.9. The summed E-state index contributed by atoms with van der Waals surface area (Å²) in [6.07, 6.45) is 0. The fourth-order valence-corrected chi connectivity index (χ4v) is 2.96. The van der Waals surface area contributed by atoms with E-state index in [1.54, 1.807) is 0 Å². The molecule has 1 saturated heterocycles. The molecular formula is C16H18N10O6. The molecule has 0 radical (unpaired) electrons. The average molecular weight is 446 g/mol. The van der Waals surface area contributed by atoms with Gasteiger partial charge < -0.3 is 14.9 Å². The Morgan fingerprint density at radius 2 is 2.12 bits per heavy atom. The van der Waals surface area contributed by atoms with E-state index in [-0.39, 0.29) is 28.8 Å². The number of amides is 1. The quantitative estimate of drug-likeness (QED) is 0.273. The molecule has 0 spiro atoms. The second-order valence-electron chi connectivity index (χ2n) is 6.69. The third-order valence-electron chi connectivity index (χ3n) is 4.61. The Balaban J connectivity index is 1.58. The van der Waals surface area contributed by atoms with Crippen LogP contribution in [0.5, 0.6) is 0 Å². The summed E-state index contributed by atoms with van der Waals surface area (Å²) in [7, 11) is 0. The number of nitrogens with two attached hydrogens (primary N) is 1. The van der Waals surface area contributed by atoms with E-state index in [1.807, 2.05) is 0 Å². The molecule has 1 aliphatic rings. The van der Waals surface area contributed by atoms with Gasteiger partial charge in [-0.1, -0.05) is 5.21 Å². The molecular weight excluding hydrogens is 428 g/mol. The number of rotatable bonds is 7. The third-order valence-corrected chi connectivity index (χ3v) is 4.61. The van der Waals surface area contributed by atoms with Crippen LogP contribution in [0.15, 0.2) is 26.3 Å². The first-order chi connectivity index (χ1) is 15.4. The van der Waals surface area contributed by atoms with Crippen molar-refractivity contribution in [3.8, 4) is 5.82 Å². The fourth-order valence-electron chi connectivity index (χ4n) is 2.96. The highest BCUT2D eigenvalue weighted by Gasteiger charge is 2.26. The predicted octanol–water partition coefficient (Wildman–Crippen LogP) is -0.280. The molecule has 0 aromatic carbocycles. The van der Waals surface area contributed by atoms with E-state index in [0.717, 1.165) is 0 Å². The van der Waals surface area contributed by atoms with Gasteiger partial charge in [0.25, 0.3) is 5.91 Å². The number of morpholine rings is 1. The van der Waals surface area contributed by atoms with E-state index in [4.69, 9.17) is 14.9 Å². The van der Waals surface area contributed by atoms with Crippen LogP contribution < -0.4 is 11.2 Å². The molecule has 1 aliphatic heterocycles. The van der Waals surface area contributed by atoms with E-state index >= 15 is 0 Å². The normalized spacial score (nSPS) is 15.1. The summed E-state index contributed by atoms with van der Waals surface area (Å²) in [5.74, 6) is -0.873. The minimum absolute atomic E-state index is 0.0131. The van der Waals surface area contributed by atoms with E-state index in [9.17, 15) is 14.9 Å². The van der Waals surface area contributed by atoms with Crippen LogP contribution >= 0.6 is 0 Å². The van der Waals surface area contributed by atoms with Gasteiger partial charge in [-0.05, 0) is 23.3 Å². The molecule has 3 aromatic rings. The number of nitrogens with one attached hydrogen (secondary N) is 1. The van der Waals surface area contributed by atoms with Gasteiger partial charge in [-0.2, -0.15) is 9.78 Å². The Labute approximate surface area is 179 Å². The van der Waals surface area contributed by atoms with Crippen LogP contribution in [0.2, 0.25) is 0 Å². The van der Waals surface area contributed by atoms with Crippen LogP contribution in [0, 0.1) is 10.1 Å². The van der Waals surface area contributed by atoms with E-state index in [1.165, 1.54) is 23.7 Å². The van der Waals surface area contributed by atoms with Crippen LogP contribution in [-0.4, -0.2) is 73.1 Å². The number of nitrogens with zero attached hydrogens (tertiary/aromatic N) is 8. The SMILES string of the molecule is CC(=NNC(=O)c1nnn(-c2nonc2N)c1CN1CCOCC1)c1ccc([N+](=O)[O-])o1. The molecule has 0 aliphatic carbocycles. The summed E-state index contributed by atoms with van der Waals surface area (Å²) in [5.41, 5.74) is 8.74. The third kappa shape index (κ3) is 4.30. The van der Waals surface area contributed by atoms with Crippen molar-refractivity contribution in [3.63, 3.8) is 0 Å². The Morgan fingerprint density at radius 1 is 1.34 bits per heavy atom. The predicted molar refractivity (Wildman–Crippen MR) is 105 cm³/mol. The number of hydrogen-bond donors (Lipinski definition) is 2. The van der Waals surface area contributed by atoms with Gasteiger partial charge >= 0.3 is 5.88 Å². The molecule has 16 nitrogen and oxygen atoms in total. The molecule has 168 valence electrons. The molecule has 3 N–H and O–H groups in total. The Bertz CT molecular complexity index is 1160. The minimum atomic E-state index is -0.671. The maximum atomic E-state index is 12.8. The number of aromatic nitrogens is 5. The van der Waals surface area contributed by atoms with Gasteiger partial charge in [-0.25, -0.2) is 10.1 Å². The highest BCUT2D eigenvalue weighted by atomic mass is 16.6. The number of furan rings is 1. The maximum absolute atomic E-state index is 12.8. The summed E-state index contributed by atoms with van der Waals surface area (Å²) >= 11 is 0. The van der Waals surface area contributed by atoms with Crippen molar-refractivity contribution in [2.75, 3.05) is 32.0 Å². The molecule has 0 bridgehead atoms. The number of ether oxygens (including phenoxy) is 1. The molecule has 4 heterocycles. The van der Waals surface area contributed by atoms with Gasteiger partial charge in [0, 0.05) is 19.6 Å². The maximum Gasteiger partial charge on any atom is 0.433 e. The van der Waals surface area contributed by atoms with Gasteiger partial charge in [0.1, 0.15) is 10.6 Å². The number of nitrogen functional groups attached to an aromatic ring is 1. The van der Waals surface area contributed by atoms with E-state index in [2.05, 4.69) is 40.7 Å². The van der Waals surface area contributed by atoms with Crippen LogP contribution in [0.3, 0.4) is 0 Å². The van der Waals surface area contributed by atoms with Crippen molar-refractivity contribution in [1.29, 1.82) is 0 Å². The van der Waals surface area contributed by atoms with Gasteiger partial charge in [-0.15, -0.1) is 5.10 Å². The molecule has 1 fully saturated rings. The van der Waals surface area contributed by atoms with Crippen molar-refractivity contribution in [2.24, 2.45) is 5.10 Å². The summed E-state index contributed by atoms with van der Waals surface area (Å²) in [4.78, 5) is 25.0. The topological polar surface area (TPSA) is 206 Å². The summed E-state index contributed by atoms with van der Waals surface area (Å²) < 4.78 is 16.3. The monoisotopic (exact) mass is 446 g/mol. The lowest BCUT2D eigenvalue weighted by molar-refractivity contribution is -0.402. The second kappa shape index (κ2) is 8.90. The Kier molecular flexibility index (Phi) is 5.86. The lowest BCUT2D eigenvalue weighted by Gasteiger charge is -2.26. The fraction of sp³-hybridized carbons (Fsp3) is 0.375. The lowest BCUT2D eigenvalue weighted by atomic mass is 10.2. The smallest absolute Gasteiger partial charge is 0.399 e. The molecule has 1 amide bonds. The van der Waals surface area contributed by atoms with Crippen LogP contribution in [-0.2, 0) is 11.3 Å². The Morgan fingerprint density at radius 3 is 2.78 bits per heavy atom. The van der Waals surface area contributed by atoms with Gasteiger partial charge in [0.2, 0.25) is 11.6 Å². The summed E-state index contributed by atoms with van der Waals surface area (Å²) in [6, 6.07) is 2.57. The van der Waals surface area contributed by atoms with Gasteiger partial charge in [0.05, 0.1) is 25.0 Å². The number of carbonyl (C=O) groups is 1. The highest BCUT2D eigenvalue weighted by Crippen LogP contribution is 2.19. The number of hydrazone groups is 1. The molecule has 0 unspecified atom stereocenters. The molecule has 0 saturated carbocycles. The van der Waals surface area contributed by atoms with Crippen molar-refractivity contribution in [2.45, 2.75) is 13.5 Å². The number of nitro groups is 1. The standard InChI is InChI=1S/C16H18N10O6/c1-9(11-2-3-12(31-11)26(28)29)18-20-16(27)13-10(8-24-4-6-30-7-5-24)25(23-19-13)15-14(17)21-32-22-15/h2-3H,4-8H2,1H3,(H2,17,21)(H,20,27). The van der Waals surface area contributed by atoms with E-state index < -0.39 is 16.7 Å². The zero-order valence-electron chi connectivity index (χ0n) is 16.8. The van der Waals surface area contributed by atoms with Crippen molar-refractivity contribution < 1.29 is 23.5 Å². The molecule has 3 aromatic heterocycles. The molecule has 16 heteroatoms. The minimum Gasteiger partial charge on any atom is -0.399 e.